The first-order chi connectivity index (χ1) is 9.72. The Labute approximate surface area is 116 Å². The molecule has 1 aromatic heterocycles. The molecule has 3 aromatic rings. The fraction of sp³-hybridized carbons (Fsp3) is 0.125. The summed E-state index contributed by atoms with van der Waals surface area (Å²) < 4.78 is 4.98. The lowest BCUT2D eigenvalue weighted by molar-refractivity contribution is -0.115. The van der Waals surface area contributed by atoms with Crippen LogP contribution in [0.15, 0.2) is 53.1 Å². The fourth-order valence-electron chi connectivity index (χ4n) is 2.22. The summed E-state index contributed by atoms with van der Waals surface area (Å²) in [7, 11) is 0. The highest BCUT2D eigenvalue weighted by atomic mass is 16.5. The maximum absolute atomic E-state index is 12.0. The molecule has 0 fully saturated rings. The number of nitrogens with one attached hydrogen (secondary N) is 1. The van der Waals surface area contributed by atoms with Crippen LogP contribution in [0, 0.1) is 6.92 Å². The first kappa shape index (κ1) is 12.4. The predicted octanol–water partition coefficient (Wildman–Crippen LogP) is 3.32. The van der Waals surface area contributed by atoms with Crippen molar-refractivity contribution in [3.05, 3.63) is 59.8 Å². The first-order valence-corrected chi connectivity index (χ1v) is 6.42. The number of aromatic nitrogens is 1. The monoisotopic (exact) mass is 266 g/mol. The second-order valence-electron chi connectivity index (χ2n) is 4.70. The summed E-state index contributed by atoms with van der Waals surface area (Å²) in [6.45, 7) is 1.81. The summed E-state index contributed by atoms with van der Waals surface area (Å²) in [5.41, 5.74) is 1.74. The Hall–Kier alpha value is -2.62. The minimum Gasteiger partial charge on any atom is -0.338 e. The summed E-state index contributed by atoms with van der Waals surface area (Å²) >= 11 is 0. The van der Waals surface area contributed by atoms with Crippen molar-refractivity contribution in [1.82, 2.24) is 5.16 Å². The molecule has 0 bridgehead atoms. The Morgan fingerprint density at radius 2 is 2.00 bits per heavy atom. The van der Waals surface area contributed by atoms with E-state index in [1.54, 1.807) is 6.07 Å². The van der Waals surface area contributed by atoms with Crippen molar-refractivity contribution in [3.8, 4) is 0 Å². The average molecular weight is 266 g/mol. The van der Waals surface area contributed by atoms with Crippen molar-refractivity contribution in [3.63, 3.8) is 0 Å². The summed E-state index contributed by atoms with van der Waals surface area (Å²) in [5.74, 6) is 0.269. The minimum atomic E-state index is -0.113. The normalized spacial score (nSPS) is 10.7. The molecule has 0 aliphatic carbocycles. The van der Waals surface area contributed by atoms with E-state index in [4.69, 9.17) is 4.52 Å². The Bertz CT molecular complexity index is 757. The smallest absolute Gasteiger partial charge is 0.231 e. The number of rotatable bonds is 3. The molecule has 0 saturated heterocycles. The molecule has 0 aliphatic heterocycles. The summed E-state index contributed by atoms with van der Waals surface area (Å²) in [4.78, 5) is 12.0. The van der Waals surface area contributed by atoms with Crippen molar-refractivity contribution in [2.45, 2.75) is 13.3 Å². The van der Waals surface area contributed by atoms with E-state index in [1.807, 2.05) is 49.4 Å². The van der Waals surface area contributed by atoms with Gasteiger partial charge in [0, 0.05) is 6.07 Å². The fourth-order valence-corrected chi connectivity index (χ4v) is 2.22. The number of amides is 1. The van der Waals surface area contributed by atoms with E-state index >= 15 is 0 Å². The second kappa shape index (κ2) is 5.17. The van der Waals surface area contributed by atoms with Gasteiger partial charge in [0.05, 0.1) is 12.1 Å². The van der Waals surface area contributed by atoms with Crippen molar-refractivity contribution < 1.29 is 9.32 Å². The van der Waals surface area contributed by atoms with Crippen LogP contribution in [0.25, 0.3) is 10.8 Å². The van der Waals surface area contributed by atoms with Gasteiger partial charge in [0.25, 0.3) is 0 Å². The van der Waals surface area contributed by atoms with Crippen molar-refractivity contribution in [2.24, 2.45) is 0 Å². The molecule has 100 valence electrons. The van der Waals surface area contributed by atoms with Crippen LogP contribution in [-0.4, -0.2) is 11.1 Å². The Balaban J connectivity index is 1.81. The number of carbonyl (C=O) groups excluding carboxylic acids is 1. The third kappa shape index (κ3) is 2.54. The molecule has 1 N–H and O–H groups in total. The number of aryl methyl sites for hydroxylation is 1. The Morgan fingerprint density at radius 3 is 2.80 bits per heavy atom. The molecule has 1 heterocycles. The van der Waals surface area contributed by atoms with Gasteiger partial charge in [-0.1, -0.05) is 47.6 Å². The van der Waals surface area contributed by atoms with Crippen LogP contribution in [0.4, 0.5) is 5.88 Å². The number of anilines is 1. The standard InChI is InChI=1S/C16H14N2O2/c1-11-9-16(20-18-11)17-15(19)10-13-7-4-6-12-5-2-3-8-14(12)13/h2-9H,10H2,1H3,(H,17,19). The van der Waals surface area contributed by atoms with Gasteiger partial charge in [-0.3, -0.25) is 10.1 Å². The van der Waals surface area contributed by atoms with Crippen LogP contribution < -0.4 is 5.32 Å². The number of hydrogen-bond acceptors (Lipinski definition) is 3. The van der Waals surface area contributed by atoms with Crippen molar-refractivity contribution in [2.75, 3.05) is 5.32 Å². The maximum atomic E-state index is 12.0. The van der Waals surface area contributed by atoms with Crippen LogP contribution in [0.5, 0.6) is 0 Å². The summed E-state index contributed by atoms with van der Waals surface area (Å²) in [5, 5.41) is 8.67. The Kier molecular flexibility index (Phi) is 3.21. The third-order valence-electron chi connectivity index (χ3n) is 3.12. The van der Waals surface area contributed by atoms with E-state index in [1.165, 1.54) is 0 Å². The molecule has 0 saturated carbocycles. The zero-order chi connectivity index (χ0) is 13.9. The zero-order valence-corrected chi connectivity index (χ0v) is 11.1. The molecule has 4 heteroatoms. The predicted molar refractivity (Wildman–Crippen MR) is 77.5 cm³/mol. The highest BCUT2D eigenvalue weighted by Crippen LogP contribution is 2.19. The van der Waals surface area contributed by atoms with E-state index in [2.05, 4.69) is 10.5 Å². The lowest BCUT2D eigenvalue weighted by atomic mass is 10.0. The second-order valence-corrected chi connectivity index (χ2v) is 4.70. The molecule has 0 spiro atoms. The van der Waals surface area contributed by atoms with Gasteiger partial charge in [-0.05, 0) is 23.3 Å². The minimum absolute atomic E-state index is 0.113. The van der Waals surface area contributed by atoms with Crippen molar-refractivity contribution in [1.29, 1.82) is 0 Å². The quantitative estimate of drug-likeness (QED) is 0.791. The molecule has 2 aromatic carbocycles. The number of carbonyl (C=O) groups is 1. The molecule has 1 amide bonds. The number of hydrogen-bond donors (Lipinski definition) is 1. The Morgan fingerprint density at radius 1 is 1.20 bits per heavy atom. The van der Waals surface area contributed by atoms with Gasteiger partial charge in [-0.15, -0.1) is 0 Å². The van der Waals surface area contributed by atoms with Crippen LogP contribution in [0.2, 0.25) is 0 Å². The summed E-state index contributed by atoms with van der Waals surface area (Å²) in [6.07, 6.45) is 0.307. The van der Waals surface area contributed by atoms with E-state index < -0.39 is 0 Å². The van der Waals surface area contributed by atoms with E-state index in [9.17, 15) is 4.79 Å². The zero-order valence-electron chi connectivity index (χ0n) is 11.1. The van der Waals surface area contributed by atoms with Gasteiger partial charge in [-0.25, -0.2) is 0 Å². The molecular weight excluding hydrogens is 252 g/mol. The molecular formula is C16H14N2O2. The lowest BCUT2D eigenvalue weighted by Gasteiger charge is -2.06. The van der Waals surface area contributed by atoms with Crippen LogP contribution >= 0.6 is 0 Å². The van der Waals surface area contributed by atoms with Gasteiger partial charge in [-0.2, -0.15) is 0 Å². The SMILES string of the molecule is Cc1cc(NC(=O)Cc2cccc3ccccc23)on1. The highest BCUT2D eigenvalue weighted by Gasteiger charge is 2.09. The van der Waals surface area contributed by atoms with Gasteiger partial charge in [0.15, 0.2) is 0 Å². The number of benzene rings is 2. The topological polar surface area (TPSA) is 55.1 Å². The average Bonchev–Trinajstić information content (AvgIpc) is 2.84. The summed E-state index contributed by atoms with van der Waals surface area (Å²) in [6, 6.07) is 15.7. The van der Waals surface area contributed by atoms with E-state index in [0.717, 1.165) is 22.0 Å². The van der Waals surface area contributed by atoms with E-state index in [-0.39, 0.29) is 5.91 Å². The molecule has 3 rings (SSSR count). The molecule has 20 heavy (non-hydrogen) atoms. The molecule has 4 nitrogen and oxygen atoms in total. The van der Waals surface area contributed by atoms with Gasteiger partial charge in [0.2, 0.25) is 11.8 Å². The molecule has 0 radical (unpaired) electrons. The van der Waals surface area contributed by atoms with Gasteiger partial charge in [0.1, 0.15) is 0 Å². The first-order valence-electron chi connectivity index (χ1n) is 6.42. The largest absolute Gasteiger partial charge is 0.338 e. The van der Waals surface area contributed by atoms with E-state index in [0.29, 0.717) is 12.3 Å². The van der Waals surface area contributed by atoms with Crippen LogP contribution in [0.3, 0.4) is 0 Å². The molecule has 0 unspecified atom stereocenters. The highest BCUT2D eigenvalue weighted by molar-refractivity contribution is 5.95. The van der Waals surface area contributed by atoms with Crippen molar-refractivity contribution >= 4 is 22.6 Å². The number of fused-ring (bicyclic) bond motifs is 1. The van der Waals surface area contributed by atoms with Gasteiger partial charge >= 0.3 is 0 Å². The maximum Gasteiger partial charge on any atom is 0.231 e. The lowest BCUT2D eigenvalue weighted by Crippen LogP contribution is -2.14. The number of nitrogens with zero attached hydrogens (tertiary/aromatic N) is 1. The molecule has 0 aliphatic rings. The van der Waals surface area contributed by atoms with Crippen LogP contribution in [-0.2, 0) is 11.2 Å². The molecule has 0 atom stereocenters. The third-order valence-corrected chi connectivity index (χ3v) is 3.12. The van der Waals surface area contributed by atoms with Crippen LogP contribution in [0.1, 0.15) is 11.3 Å². The van der Waals surface area contributed by atoms with Gasteiger partial charge < -0.3 is 4.52 Å².